The van der Waals surface area contributed by atoms with E-state index in [0.717, 1.165) is 23.6 Å². The fraction of sp³-hybridized carbons (Fsp3) is 0.333. The van der Waals surface area contributed by atoms with Crippen LogP contribution < -0.4 is 0 Å². The van der Waals surface area contributed by atoms with Crippen LogP contribution in [-0.2, 0) is 9.59 Å². The van der Waals surface area contributed by atoms with Crippen molar-refractivity contribution in [2.75, 3.05) is 5.75 Å². The topological polar surface area (TPSA) is 57.6 Å². The van der Waals surface area contributed by atoms with Gasteiger partial charge in [0.2, 0.25) is 5.91 Å². The van der Waals surface area contributed by atoms with Gasteiger partial charge in [0.15, 0.2) is 0 Å². The molecule has 1 amide bonds. The van der Waals surface area contributed by atoms with E-state index >= 15 is 0 Å². The standard InChI is InChI=1S/C12H10F3NO3S/c1-5(17)16-9(12(18)19)4-20-11(16)10-7(14)2-6(13)3-8(10)15/h2-3,9,11H,4H2,1H3,(H,18,19)/t9-,11-/m0/s1. The Morgan fingerprint density at radius 2 is 1.85 bits per heavy atom. The summed E-state index contributed by atoms with van der Waals surface area (Å²) in [6, 6.07) is -0.150. The maximum atomic E-state index is 13.7. The lowest BCUT2D eigenvalue weighted by molar-refractivity contribution is -0.148. The molecule has 1 N–H and O–H groups in total. The predicted octanol–water partition coefficient (Wildman–Crippen LogP) is 2.15. The number of rotatable bonds is 2. The van der Waals surface area contributed by atoms with Gasteiger partial charge in [0.05, 0.1) is 5.56 Å². The molecule has 1 aliphatic rings. The SMILES string of the molecule is CC(=O)N1[C@H](C(=O)O)CS[C@H]1c1c(F)cc(F)cc1F. The molecule has 1 aromatic rings. The van der Waals surface area contributed by atoms with E-state index in [-0.39, 0.29) is 5.75 Å². The van der Waals surface area contributed by atoms with Crippen LogP contribution in [0.15, 0.2) is 12.1 Å². The molecule has 1 saturated heterocycles. The number of hydrogen-bond donors (Lipinski definition) is 1. The second kappa shape index (κ2) is 5.35. The molecule has 4 nitrogen and oxygen atoms in total. The van der Waals surface area contributed by atoms with E-state index in [0.29, 0.717) is 12.1 Å². The molecular formula is C12H10F3NO3S. The Bertz CT molecular complexity index is 558. The summed E-state index contributed by atoms with van der Waals surface area (Å²) in [5, 5.41) is 7.91. The first kappa shape index (κ1) is 14.7. The van der Waals surface area contributed by atoms with Crippen LogP contribution >= 0.6 is 11.8 Å². The molecule has 1 aromatic carbocycles. The molecule has 0 aliphatic carbocycles. The van der Waals surface area contributed by atoms with Crippen molar-refractivity contribution in [3.05, 3.63) is 35.1 Å². The van der Waals surface area contributed by atoms with Crippen molar-refractivity contribution in [2.45, 2.75) is 18.3 Å². The summed E-state index contributed by atoms with van der Waals surface area (Å²) < 4.78 is 40.4. The van der Waals surface area contributed by atoms with Crippen LogP contribution in [0.3, 0.4) is 0 Å². The highest BCUT2D eigenvalue weighted by Crippen LogP contribution is 2.43. The molecule has 8 heteroatoms. The normalized spacial score (nSPS) is 22.1. The summed E-state index contributed by atoms with van der Waals surface area (Å²) in [7, 11) is 0. The van der Waals surface area contributed by atoms with Crippen molar-refractivity contribution in [2.24, 2.45) is 0 Å². The van der Waals surface area contributed by atoms with Crippen LogP contribution in [0.2, 0.25) is 0 Å². The number of thioether (sulfide) groups is 1. The first-order valence-electron chi connectivity index (χ1n) is 5.60. The molecule has 0 bridgehead atoms. The molecular weight excluding hydrogens is 295 g/mol. The molecule has 2 rings (SSSR count). The Kier molecular flexibility index (Phi) is 3.94. The van der Waals surface area contributed by atoms with E-state index in [1.165, 1.54) is 0 Å². The van der Waals surface area contributed by atoms with Gasteiger partial charge in [-0.25, -0.2) is 18.0 Å². The Hall–Kier alpha value is -1.70. The molecule has 20 heavy (non-hydrogen) atoms. The maximum Gasteiger partial charge on any atom is 0.327 e. The third-order valence-corrected chi connectivity index (χ3v) is 4.23. The number of amides is 1. The minimum atomic E-state index is -1.25. The highest BCUT2D eigenvalue weighted by atomic mass is 32.2. The average molecular weight is 305 g/mol. The summed E-state index contributed by atoms with van der Waals surface area (Å²) in [5.41, 5.74) is -0.504. The predicted molar refractivity (Wildman–Crippen MR) is 65.5 cm³/mol. The number of hydrogen-bond acceptors (Lipinski definition) is 3. The van der Waals surface area contributed by atoms with Crippen molar-refractivity contribution in [3.63, 3.8) is 0 Å². The summed E-state index contributed by atoms with van der Waals surface area (Å²) >= 11 is 0.924. The minimum Gasteiger partial charge on any atom is -0.480 e. The lowest BCUT2D eigenvalue weighted by Gasteiger charge is -2.26. The number of aliphatic carboxylic acids is 1. The number of halogens is 3. The van der Waals surface area contributed by atoms with E-state index in [1.807, 2.05) is 0 Å². The Morgan fingerprint density at radius 1 is 1.30 bits per heavy atom. The summed E-state index contributed by atoms with van der Waals surface area (Å²) in [6.45, 7) is 1.12. The first-order valence-corrected chi connectivity index (χ1v) is 6.65. The van der Waals surface area contributed by atoms with Crippen LogP contribution in [0.25, 0.3) is 0 Å². The van der Waals surface area contributed by atoms with Crippen molar-refractivity contribution in [1.29, 1.82) is 0 Å². The minimum absolute atomic E-state index is 0.00976. The van der Waals surface area contributed by atoms with Gasteiger partial charge in [-0.2, -0.15) is 0 Å². The zero-order valence-corrected chi connectivity index (χ0v) is 11.1. The molecule has 0 aromatic heterocycles. The number of carbonyl (C=O) groups excluding carboxylic acids is 1. The van der Waals surface area contributed by atoms with E-state index in [2.05, 4.69) is 0 Å². The van der Waals surface area contributed by atoms with Gasteiger partial charge in [-0.3, -0.25) is 4.79 Å². The Morgan fingerprint density at radius 3 is 2.30 bits per heavy atom. The summed E-state index contributed by atoms with van der Waals surface area (Å²) in [4.78, 5) is 23.5. The number of carboxylic acid groups (broad SMARTS) is 1. The monoisotopic (exact) mass is 305 g/mol. The first-order chi connectivity index (χ1) is 9.32. The second-order valence-electron chi connectivity index (χ2n) is 4.25. The number of carboxylic acids is 1. The van der Waals surface area contributed by atoms with Gasteiger partial charge >= 0.3 is 5.97 Å². The van der Waals surface area contributed by atoms with Gasteiger partial charge in [-0.15, -0.1) is 11.8 Å². The van der Waals surface area contributed by atoms with Gasteiger partial charge in [0.1, 0.15) is 28.9 Å². The van der Waals surface area contributed by atoms with Gasteiger partial charge in [0, 0.05) is 24.8 Å². The van der Waals surface area contributed by atoms with Crippen molar-refractivity contribution >= 4 is 23.6 Å². The third kappa shape index (κ3) is 2.47. The molecule has 1 heterocycles. The fourth-order valence-electron chi connectivity index (χ4n) is 2.09. The van der Waals surface area contributed by atoms with Crippen LogP contribution in [0.5, 0.6) is 0 Å². The van der Waals surface area contributed by atoms with E-state index in [1.54, 1.807) is 0 Å². The zero-order chi connectivity index (χ0) is 15.0. The summed E-state index contributed by atoms with van der Waals surface area (Å²) in [6.07, 6.45) is 0. The van der Waals surface area contributed by atoms with Crippen molar-refractivity contribution in [3.8, 4) is 0 Å². The molecule has 0 unspecified atom stereocenters. The summed E-state index contributed by atoms with van der Waals surface area (Å²) in [5.74, 6) is -5.21. The lowest BCUT2D eigenvalue weighted by Crippen LogP contribution is -2.42. The maximum absolute atomic E-state index is 13.7. The van der Waals surface area contributed by atoms with Gasteiger partial charge in [-0.1, -0.05) is 0 Å². The van der Waals surface area contributed by atoms with Gasteiger partial charge < -0.3 is 10.0 Å². The Labute approximate surface area is 116 Å². The molecule has 1 aliphatic heterocycles. The molecule has 2 atom stereocenters. The van der Waals surface area contributed by atoms with Crippen LogP contribution in [0.1, 0.15) is 17.9 Å². The number of carbonyl (C=O) groups is 2. The lowest BCUT2D eigenvalue weighted by atomic mass is 10.1. The second-order valence-corrected chi connectivity index (χ2v) is 5.36. The van der Waals surface area contributed by atoms with Crippen LogP contribution in [0.4, 0.5) is 13.2 Å². The highest BCUT2D eigenvalue weighted by Gasteiger charge is 2.43. The Balaban J connectivity index is 2.47. The quantitative estimate of drug-likeness (QED) is 0.909. The molecule has 0 spiro atoms. The molecule has 0 saturated carbocycles. The highest BCUT2D eigenvalue weighted by molar-refractivity contribution is 7.99. The molecule has 1 fully saturated rings. The number of benzene rings is 1. The van der Waals surface area contributed by atoms with Crippen LogP contribution in [0, 0.1) is 17.5 Å². The molecule has 108 valence electrons. The third-order valence-electron chi connectivity index (χ3n) is 2.94. The van der Waals surface area contributed by atoms with Crippen LogP contribution in [-0.4, -0.2) is 33.7 Å². The van der Waals surface area contributed by atoms with E-state index in [4.69, 9.17) is 5.11 Å². The van der Waals surface area contributed by atoms with E-state index in [9.17, 15) is 22.8 Å². The van der Waals surface area contributed by atoms with E-state index < -0.39 is 46.3 Å². The number of nitrogens with zero attached hydrogens (tertiary/aromatic N) is 1. The van der Waals surface area contributed by atoms with Crippen molar-refractivity contribution in [1.82, 2.24) is 4.90 Å². The van der Waals surface area contributed by atoms with Crippen molar-refractivity contribution < 1.29 is 27.9 Å². The zero-order valence-electron chi connectivity index (χ0n) is 10.3. The molecule has 0 radical (unpaired) electrons. The van der Waals surface area contributed by atoms with Gasteiger partial charge in [-0.05, 0) is 0 Å². The van der Waals surface area contributed by atoms with Gasteiger partial charge in [0.25, 0.3) is 0 Å². The largest absolute Gasteiger partial charge is 0.480 e. The fourth-order valence-corrected chi connectivity index (χ4v) is 3.61. The average Bonchev–Trinajstić information content (AvgIpc) is 2.72. The smallest absolute Gasteiger partial charge is 0.327 e.